The Morgan fingerprint density at radius 3 is 2.61 bits per heavy atom. The summed E-state index contributed by atoms with van der Waals surface area (Å²) in [5.74, 6) is 0.683. The molecule has 0 aliphatic heterocycles. The van der Waals surface area contributed by atoms with E-state index in [0.717, 1.165) is 29.4 Å². The Morgan fingerprint density at radius 1 is 1.06 bits per heavy atom. The molecule has 0 saturated heterocycles. The van der Waals surface area contributed by atoms with E-state index in [9.17, 15) is 4.79 Å². The third-order valence-corrected chi connectivity index (χ3v) is 6.92. The van der Waals surface area contributed by atoms with Crippen LogP contribution in [0.2, 0.25) is 10.0 Å². The Kier molecular flexibility index (Phi) is 4.91. The lowest BCUT2D eigenvalue weighted by Gasteiger charge is -2.18. The van der Waals surface area contributed by atoms with Crippen LogP contribution in [0.15, 0.2) is 54.6 Å². The van der Waals surface area contributed by atoms with Crippen molar-refractivity contribution in [2.75, 3.05) is 0 Å². The van der Waals surface area contributed by atoms with Crippen LogP contribution in [0, 0.1) is 0 Å². The maximum absolute atomic E-state index is 13.0. The molecule has 0 spiro atoms. The maximum atomic E-state index is 13.0. The summed E-state index contributed by atoms with van der Waals surface area (Å²) < 4.78 is 0. The van der Waals surface area contributed by atoms with E-state index in [1.54, 1.807) is 18.2 Å². The first-order chi connectivity index (χ1) is 14.8. The van der Waals surface area contributed by atoms with Gasteiger partial charge in [-0.15, -0.1) is 0 Å². The zero-order valence-electron chi connectivity index (χ0n) is 17.4. The highest BCUT2D eigenvalue weighted by atomic mass is 35.5. The summed E-state index contributed by atoms with van der Waals surface area (Å²) in [6, 6.07) is 17.4. The van der Waals surface area contributed by atoms with E-state index in [1.165, 1.54) is 11.1 Å². The number of fused-ring (bicyclic) bond motifs is 2. The van der Waals surface area contributed by atoms with Crippen molar-refractivity contribution in [2.45, 2.75) is 38.5 Å². The smallest absolute Gasteiger partial charge is 0.167 e. The van der Waals surface area contributed by atoms with Gasteiger partial charge in [-0.25, -0.2) is 4.98 Å². The highest BCUT2D eigenvalue weighted by molar-refractivity contribution is 6.39. The molecule has 0 radical (unpaired) electrons. The van der Waals surface area contributed by atoms with Crippen molar-refractivity contribution in [3.05, 3.63) is 86.9 Å². The number of aromatic nitrogens is 2. The lowest BCUT2D eigenvalue weighted by Crippen LogP contribution is -2.11. The quantitative estimate of drug-likeness (QED) is 0.335. The van der Waals surface area contributed by atoms with Crippen molar-refractivity contribution in [3.63, 3.8) is 0 Å². The largest absolute Gasteiger partial charge is 0.338 e. The molecule has 0 unspecified atom stereocenters. The number of nitrogens with one attached hydrogen (secondary N) is 1. The Bertz CT molecular complexity index is 1320. The van der Waals surface area contributed by atoms with E-state index in [-0.39, 0.29) is 11.2 Å². The van der Waals surface area contributed by atoms with Crippen LogP contribution in [0.25, 0.3) is 22.4 Å². The number of H-pyrrole nitrogens is 1. The Hall–Kier alpha value is -2.62. The topological polar surface area (TPSA) is 45.8 Å². The van der Waals surface area contributed by atoms with Crippen LogP contribution < -0.4 is 0 Å². The molecule has 3 aromatic carbocycles. The standard InChI is InChI=1S/C26H22Cl2N2O/c1-26(2)11-10-16-12-15(6-8-18(16)26)13-23(31)17-7-9-21-22(14-17)30-25(29-21)24-19(27)4-3-5-20(24)28/h3-9,12,14H,10-11,13H2,1-2H3,(H,29,30). The van der Waals surface area contributed by atoms with Gasteiger partial charge in [-0.3, -0.25) is 4.79 Å². The molecule has 1 aliphatic carbocycles. The molecule has 1 heterocycles. The van der Waals surface area contributed by atoms with Crippen molar-refractivity contribution in [2.24, 2.45) is 0 Å². The van der Waals surface area contributed by atoms with Crippen LogP contribution in [-0.2, 0) is 18.3 Å². The molecule has 1 aliphatic rings. The number of hydrogen-bond acceptors (Lipinski definition) is 2. The number of carbonyl (C=O) groups is 1. The maximum Gasteiger partial charge on any atom is 0.167 e. The van der Waals surface area contributed by atoms with Gasteiger partial charge in [0.15, 0.2) is 5.78 Å². The minimum Gasteiger partial charge on any atom is -0.338 e. The number of hydrogen-bond donors (Lipinski definition) is 1. The molecule has 31 heavy (non-hydrogen) atoms. The molecule has 5 heteroatoms. The number of aryl methyl sites for hydroxylation is 1. The van der Waals surface area contributed by atoms with Gasteiger partial charge in [-0.05, 0) is 65.3 Å². The second-order valence-corrected chi connectivity index (χ2v) is 9.70. The minimum absolute atomic E-state index is 0.0889. The Labute approximate surface area is 191 Å². The average molecular weight is 449 g/mol. The fourth-order valence-electron chi connectivity index (χ4n) is 4.52. The third kappa shape index (κ3) is 3.66. The van der Waals surface area contributed by atoms with E-state index in [4.69, 9.17) is 23.2 Å². The van der Waals surface area contributed by atoms with E-state index in [0.29, 0.717) is 33.4 Å². The molecule has 0 bridgehead atoms. The molecule has 0 amide bonds. The molecule has 1 N–H and O–H groups in total. The summed E-state index contributed by atoms with van der Waals surface area (Å²) in [7, 11) is 0. The lowest BCUT2D eigenvalue weighted by molar-refractivity contribution is 0.0993. The minimum atomic E-state index is 0.0889. The van der Waals surface area contributed by atoms with Crippen LogP contribution in [0.1, 0.15) is 47.3 Å². The van der Waals surface area contributed by atoms with Crippen LogP contribution in [0.5, 0.6) is 0 Å². The summed E-state index contributed by atoms with van der Waals surface area (Å²) in [6.45, 7) is 4.57. The van der Waals surface area contributed by atoms with Crippen LogP contribution in [0.3, 0.4) is 0 Å². The summed E-state index contributed by atoms with van der Waals surface area (Å²) in [5.41, 5.74) is 6.95. The predicted octanol–water partition coefficient (Wildman–Crippen LogP) is 7.19. The fraction of sp³-hybridized carbons (Fsp3) is 0.231. The molecule has 4 aromatic rings. The molecule has 5 rings (SSSR count). The number of carbonyl (C=O) groups excluding carboxylic acids is 1. The fourth-order valence-corrected chi connectivity index (χ4v) is 5.10. The number of aromatic amines is 1. The molecular formula is C26H22Cl2N2O. The normalized spacial score (nSPS) is 14.7. The monoisotopic (exact) mass is 448 g/mol. The van der Waals surface area contributed by atoms with Crippen molar-refractivity contribution in [1.29, 1.82) is 0 Å². The summed E-state index contributed by atoms with van der Waals surface area (Å²) >= 11 is 12.6. The van der Waals surface area contributed by atoms with Gasteiger partial charge in [-0.2, -0.15) is 0 Å². The van der Waals surface area contributed by atoms with Crippen LogP contribution in [0.4, 0.5) is 0 Å². The molecule has 0 fully saturated rings. The van der Waals surface area contributed by atoms with Gasteiger partial charge in [0.1, 0.15) is 5.82 Å². The van der Waals surface area contributed by atoms with Gasteiger partial charge in [-0.1, -0.05) is 61.3 Å². The van der Waals surface area contributed by atoms with Gasteiger partial charge in [0.25, 0.3) is 0 Å². The van der Waals surface area contributed by atoms with Crippen molar-refractivity contribution >= 4 is 40.0 Å². The SMILES string of the molecule is CC1(C)CCc2cc(CC(=O)c3ccc4nc(-c5c(Cl)cccc5Cl)[nH]c4c3)ccc21. The van der Waals surface area contributed by atoms with Crippen LogP contribution in [-0.4, -0.2) is 15.8 Å². The first-order valence-corrected chi connectivity index (χ1v) is 11.2. The van der Waals surface area contributed by atoms with Gasteiger partial charge >= 0.3 is 0 Å². The van der Waals surface area contributed by atoms with E-state index in [1.807, 2.05) is 18.2 Å². The van der Waals surface area contributed by atoms with Gasteiger partial charge in [0, 0.05) is 12.0 Å². The molecule has 0 saturated carbocycles. The third-order valence-electron chi connectivity index (χ3n) is 6.29. The first kappa shape index (κ1) is 20.3. The highest BCUT2D eigenvalue weighted by Crippen LogP contribution is 2.38. The number of rotatable bonds is 4. The van der Waals surface area contributed by atoms with E-state index >= 15 is 0 Å². The molecule has 3 nitrogen and oxygen atoms in total. The summed E-state index contributed by atoms with van der Waals surface area (Å²) in [4.78, 5) is 20.9. The van der Waals surface area contributed by atoms with Crippen LogP contribution >= 0.6 is 23.2 Å². The van der Waals surface area contributed by atoms with Gasteiger partial charge in [0.05, 0.1) is 26.6 Å². The molecule has 156 valence electrons. The van der Waals surface area contributed by atoms with Gasteiger partial charge < -0.3 is 4.98 Å². The van der Waals surface area contributed by atoms with E-state index < -0.39 is 0 Å². The number of Topliss-reactive ketones (excluding diaryl/α,β-unsaturated/α-hetero) is 1. The van der Waals surface area contributed by atoms with Crippen molar-refractivity contribution < 1.29 is 4.79 Å². The number of ketones is 1. The number of nitrogens with zero attached hydrogens (tertiary/aromatic N) is 1. The highest BCUT2D eigenvalue weighted by Gasteiger charge is 2.29. The average Bonchev–Trinajstić information content (AvgIpc) is 3.27. The molecule has 0 atom stereocenters. The number of benzene rings is 3. The molecular weight excluding hydrogens is 427 g/mol. The summed E-state index contributed by atoms with van der Waals surface area (Å²) in [6.07, 6.45) is 2.63. The second-order valence-electron chi connectivity index (χ2n) is 8.89. The second kappa shape index (κ2) is 7.51. The molecule has 1 aromatic heterocycles. The zero-order valence-corrected chi connectivity index (χ0v) is 18.9. The number of imidazole rings is 1. The first-order valence-electron chi connectivity index (χ1n) is 10.4. The van der Waals surface area contributed by atoms with Gasteiger partial charge in [0.2, 0.25) is 0 Å². The zero-order chi connectivity index (χ0) is 21.8. The Balaban J connectivity index is 1.43. The number of halogens is 2. The summed E-state index contributed by atoms with van der Waals surface area (Å²) in [5, 5.41) is 1.06. The van der Waals surface area contributed by atoms with E-state index in [2.05, 4.69) is 42.0 Å². The van der Waals surface area contributed by atoms with Crippen molar-refractivity contribution in [1.82, 2.24) is 9.97 Å². The predicted molar refractivity (Wildman–Crippen MR) is 127 cm³/mol. The van der Waals surface area contributed by atoms with Crippen molar-refractivity contribution in [3.8, 4) is 11.4 Å². The lowest BCUT2D eigenvalue weighted by atomic mass is 9.86. The Morgan fingerprint density at radius 2 is 1.84 bits per heavy atom.